The van der Waals surface area contributed by atoms with Crippen LogP contribution in [0.3, 0.4) is 0 Å². The van der Waals surface area contributed by atoms with Crippen molar-refractivity contribution in [3.8, 4) is 0 Å². The average Bonchev–Trinajstić information content (AvgIpc) is 2.77. The van der Waals surface area contributed by atoms with Gasteiger partial charge in [-0.2, -0.15) is 0 Å². The Kier molecular flexibility index (Phi) is 5.58. The fourth-order valence-electron chi connectivity index (χ4n) is 1.56. The number of hydrogen-bond acceptors (Lipinski definition) is 4. The minimum Gasteiger partial charge on any atom is -0.354 e. The Hall–Kier alpha value is -0.940. The van der Waals surface area contributed by atoms with Gasteiger partial charge in [0.1, 0.15) is 0 Å². The first-order valence-corrected chi connectivity index (χ1v) is 6.81. The van der Waals surface area contributed by atoms with Gasteiger partial charge in [-0.15, -0.1) is 11.3 Å². The quantitative estimate of drug-likeness (QED) is 0.813. The van der Waals surface area contributed by atoms with E-state index >= 15 is 0 Å². The van der Waals surface area contributed by atoms with Crippen molar-refractivity contribution in [1.82, 2.24) is 10.3 Å². The largest absolute Gasteiger partial charge is 0.354 e. The maximum Gasteiger partial charge on any atom is 0.236 e. The number of nitrogens with one attached hydrogen (secondary N) is 1. The number of hydrogen-bond donors (Lipinski definition) is 2. The van der Waals surface area contributed by atoms with Gasteiger partial charge in [0, 0.05) is 24.0 Å². The Labute approximate surface area is 107 Å². The lowest BCUT2D eigenvalue weighted by atomic mass is 10.0. The van der Waals surface area contributed by atoms with Gasteiger partial charge in [0.15, 0.2) is 0 Å². The number of rotatable bonds is 6. The van der Waals surface area contributed by atoms with E-state index in [9.17, 15) is 4.79 Å². The summed E-state index contributed by atoms with van der Waals surface area (Å²) in [6.45, 7) is 6.77. The fraction of sp³-hybridized carbons (Fsp3) is 0.667. The molecular formula is C12H21N3OS. The van der Waals surface area contributed by atoms with Crippen LogP contribution < -0.4 is 11.1 Å². The number of nitrogens with two attached hydrogens (primary N) is 1. The summed E-state index contributed by atoms with van der Waals surface area (Å²) in [5.74, 6) is 0.611. The summed E-state index contributed by atoms with van der Waals surface area (Å²) in [5.41, 5.74) is 5.80. The molecule has 2 atom stereocenters. The molecule has 0 aliphatic heterocycles. The van der Waals surface area contributed by atoms with E-state index in [-0.39, 0.29) is 11.8 Å². The zero-order chi connectivity index (χ0) is 12.8. The van der Waals surface area contributed by atoms with Crippen LogP contribution in [-0.4, -0.2) is 23.5 Å². The van der Waals surface area contributed by atoms with Crippen LogP contribution in [0, 0.1) is 5.92 Å². The Balaban J connectivity index is 2.33. The lowest BCUT2D eigenvalue weighted by Gasteiger charge is -2.15. The predicted octanol–water partition coefficient (Wildman–Crippen LogP) is 1.74. The van der Waals surface area contributed by atoms with Crippen molar-refractivity contribution in [1.29, 1.82) is 0 Å². The molecule has 4 nitrogen and oxygen atoms in total. The third-order valence-electron chi connectivity index (χ3n) is 2.52. The molecule has 1 rings (SSSR count). The Bertz CT molecular complexity index is 338. The monoisotopic (exact) mass is 255 g/mol. The average molecular weight is 255 g/mol. The lowest BCUT2D eigenvalue weighted by molar-refractivity contribution is -0.122. The second-order valence-electron chi connectivity index (χ2n) is 4.75. The first-order valence-electron chi connectivity index (χ1n) is 5.93. The fourth-order valence-corrected chi connectivity index (χ4v) is 2.26. The molecule has 1 heterocycles. The molecule has 0 radical (unpaired) electrons. The van der Waals surface area contributed by atoms with Crippen LogP contribution in [0.25, 0.3) is 0 Å². The Morgan fingerprint density at radius 1 is 1.53 bits per heavy atom. The van der Waals surface area contributed by atoms with Crippen molar-refractivity contribution in [2.24, 2.45) is 11.7 Å². The molecule has 0 spiro atoms. The van der Waals surface area contributed by atoms with Gasteiger partial charge in [-0.25, -0.2) is 4.98 Å². The van der Waals surface area contributed by atoms with E-state index in [1.807, 2.05) is 12.3 Å². The van der Waals surface area contributed by atoms with Gasteiger partial charge in [0.25, 0.3) is 0 Å². The van der Waals surface area contributed by atoms with Crippen LogP contribution in [-0.2, 0) is 4.79 Å². The Morgan fingerprint density at radius 3 is 2.76 bits per heavy atom. The standard InChI is InChI=1S/C12H21N3OS/c1-8(2)6-10(13)11(16)15-7-9(3)12-14-4-5-17-12/h4-5,8-10H,6-7,13H2,1-3H3,(H,15,16)/t9?,10-/m1/s1. The minimum absolute atomic E-state index is 0.0675. The van der Waals surface area contributed by atoms with E-state index in [0.29, 0.717) is 12.5 Å². The smallest absolute Gasteiger partial charge is 0.236 e. The summed E-state index contributed by atoms with van der Waals surface area (Å²) in [4.78, 5) is 15.9. The van der Waals surface area contributed by atoms with Gasteiger partial charge in [-0.05, 0) is 12.3 Å². The number of aromatic nitrogens is 1. The summed E-state index contributed by atoms with van der Waals surface area (Å²) >= 11 is 1.61. The second-order valence-corrected chi connectivity index (χ2v) is 5.68. The van der Waals surface area contributed by atoms with Gasteiger partial charge in [0.05, 0.1) is 11.0 Å². The van der Waals surface area contributed by atoms with Crippen molar-refractivity contribution in [2.75, 3.05) is 6.54 Å². The summed E-state index contributed by atoms with van der Waals surface area (Å²) in [7, 11) is 0. The van der Waals surface area contributed by atoms with Gasteiger partial charge in [0.2, 0.25) is 5.91 Å². The Morgan fingerprint density at radius 2 is 2.24 bits per heavy atom. The molecule has 0 saturated carbocycles. The molecule has 96 valence electrons. The van der Waals surface area contributed by atoms with Crippen molar-refractivity contribution < 1.29 is 4.79 Å². The highest BCUT2D eigenvalue weighted by atomic mass is 32.1. The molecule has 0 aliphatic rings. The maximum atomic E-state index is 11.7. The third-order valence-corrected chi connectivity index (χ3v) is 3.52. The van der Waals surface area contributed by atoms with Gasteiger partial charge < -0.3 is 11.1 Å². The third kappa shape index (κ3) is 4.83. The van der Waals surface area contributed by atoms with Crippen LogP contribution in [0.4, 0.5) is 0 Å². The van der Waals surface area contributed by atoms with Crippen LogP contribution in [0.5, 0.6) is 0 Å². The van der Waals surface area contributed by atoms with Crippen molar-refractivity contribution >= 4 is 17.2 Å². The molecule has 1 aromatic rings. The van der Waals surface area contributed by atoms with E-state index in [0.717, 1.165) is 11.4 Å². The first-order chi connectivity index (χ1) is 8.00. The van der Waals surface area contributed by atoms with Crippen LogP contribution in [0.2, 0.25) is 0 Å². The maximum absolute atomic E-state index is 11.7. The minimum atomic E-state index is -0.404. The normalized spacial score (nSPS) is 14.6. The van der Waals surface area contributed by atoms with Crippen LogP contribution in [0.15, 0.2) is 11.6 Å². The van der Waals surface area contributed by atoms with E-state index in [4.69, 9.17) is 5.73 Å². The van der Waals surface area contributed by atoms with Crippen LogP contribution >= 0.6 is 11.3 Å². The van der Waals surface area contributed by atoms with Gasteiger partial charge in [-0.3, -0.25) is 4.79 Å². The summed E-state index contributed by atoms with van der Waals surface area (Å²) < 4.78 is 0. The number of carbonyl (C=O) groups excluding carboxylic acids is 1. The highest BCUT2D eigenvalue weighted by molar-refractivity contribution is 7.09. The predicted molar refractivity (Wildman–Crippen MR) is 71.0 cm³/mol. The molecule has 17 heavy (non-hydrogen) atoms. The summed E-state index contributed by atoms with van der Waals surface area (Å²) in [6, 6.07) is -0.404. The zero-order valence-corrected chi connectivity index (χ0v) is 11.5. The molecule has 5 heteroatoms. The highest BCUT2D eigenvalue weighted by Crippen LogP contribution is 2.16. The summed E-state index contributed by atoms with van der Waals surface area (Å²) in [5, 5.41) is 5.87. The van der Waals surface area contributed by atoms with Crippen LogP contribution in [0.1, 0.15) is 38.1 Å². The molecule has 1 amide bonds. The van der Waals surface area contributed by atoms with Gasteiger partial charge >= 0.3 is 0 Å². The van der Waals surface area contributed by atoms with Crippen molar-refractivity contribution in [3.05, 3.63) is 16.6 Å². The highest BCUT2D eigenvalue weighted by Gasteiger charge is 2.16. The molecule has 0 aliphatic carbocycles. The number of thiazole rings is 1. The number of carbonyl (C=O) groups is 1. The van der Waals surface area contributed by atoms with E-state index in [1.54, 1.807) is 17.5 Å². The van der Waals surface area contributed by atoms with E-state index < -0.39 is 6.04 Å². The first kappa shape index (κ1) is 14.1. The SMILES string of the molecule is CC(C)C[C@@H](N)C(=O)NCC(C)c1nccs1. The lowest BCUT2D eigenvalue weighted by Crippen LogP contribution is -2.42. The molecule has 0 bridgehead atoms. The second kappa shape index (κ2) is 6.71. The molecular weight excluding hydrogens is 234 g/mol. The number of nitrogens with zero attached hydrogens (tertiary/aromatic N) is 1. The van der Waals surface area contributed by atoms with E-state index in [2.05, 4.69) is 24.1 Å². The zero-order valence-electron chi connectivity index (χ0n) is 10.6. The van der Waals surface area contributed by atoms with Crippen molar-refractivity contribution in [3.63, 3.8) is 0 Å². The van der Waals surface area contributed by atoms with Gasteiger partial charge in [-0.1, -0.05) is 20.8 Å². The molecule has 3 N–H and O–H groups in total. The number of amides is 1. The molecule has 0 aromatic carbocycles. The summed E-state index contributed by atoms with van der Waals surface area (Å²) in [6.07, 6.45) is 2.50. The molecule has 0 saturated heterocycles. The topological polar surface area (TPSA) is 68.0 Å². The molecule has 0 fully saturated rings. The molecule has 1 aromatic heterocycles. The molecule has 1 unspecified atom stereocenters. The van der Waals surface area contributed by atoms with E-state index in [1.165, 1.54) is 0 Å². The van der Waals surface area contributed by atoms with Crippen molar-refractivity contribution in [2.45, 2.75) is 39.2 Å².